The van der Waals surface area contributed by atoms with Gasteiger partial charge in [-0.2, -0.15) is 0 Å². The third-order valence-electron chi connectivity index (χ3n) is 7.26. The second-order valence-electron chi connectivity index (χ2n) is 8.94. The van der Waals surface area contributed by atoms with E-state index in [9.17, 15) is 0 Å². The highest BCUT2D eigenvalue weighted by Gasteiger charge is 2.40. The zero-order valence-electron chi connectivity index (χ0n) is 17.8. The van der Waals surface area contributed by atoms with Crippen LogP contribution in [0.1, 0.15) is 0 Å². The highest BCUT2D eigenvalue weighted by atomic mass is 16.5. The van der Waals surface area contributed by atoms with Gasteiger partial charge < -0.3 is 9.30 Å². The van der Waals surface area contributed by atoms with Crippen molar-refractivity contribution in [2.45, 2.75) is 0 Å². The minimum atomic E-state index is 0.158. The monoisotopic (exact) mass is 419 g/mol. The number of fused-ring (bicyclic) bond motifs is 7. The van der Waals surface area contributed by atoms with Gasteiger partial charge in [0, 0.05) is 22.0 Å². The smallest absolute Gasteiger partial charge is 0.256 e. The van der Waals surface area contributed by atoms with E-state index in [-0.39, 0.29) is 6.71 Å². The topological polar surface area (TPSA) is 14.2 Å². The predicted octanol–water partition coefficient (Wildman–Crippen LogP) is 5.39. The van der Waals surface area contributed by atoms with Crippen molar-refractivity contribution in [1.29, 1.82) is 0 Å². The molecule has 2 nitrogen and oxygen atoms in total. The molecule has 2 aliphatic heterocycles. The SMILES string of the molecule is c1ccc(-c2ccc3c(c2)Oc2cccc4c2B3c2cccc3c5ccccc5n-4c23)cc1. The van der Waals surface area contributed by atoms with Crippen LogP contribution in [0.4, 0.5) is 0 Å². The van der Waals surface area contributed by atoms with Crippen LogP contribution in [0.3, 0.4) is 0 Å². The van der Waals surface area contributed by atoms with Gasteiger partial charge in [-0.1, -0.05) is 84.9 Å². The first-order valence-corrected chi connectivity index (χ1v) is 11.4. The Labute approximate surface area is 191 Å². The van der Waals surface area contributed by atoms with Crippen LogP contribution < -0.4 is 21.1 Å². The third-order valence-corrected chi connectivity index (χ3v) is 7.26. The quantitative estimate of drug-likeness (QED) is 0.326. The van der Waals surface area contributed by atoms with E-state index in [1.807, 2.05) is 0 Å². The molecule has 0 saturated heterocycles. The fourth-order valence-electron chi connectivity index (χ4n) is 5.90. The van der Waals surface area contributed by atoms with Crippen LogP contribution >= 0.6 is 0 Å². The van der Waals surface area contributed by atoms with Gasteiger partial charge in [0.2, 0.25) is 0 Å². The van der Waals surface area contributed by atoms with Gasteiger partial charge in [-0.05, 0) is 51.8 Å². The van der Waals surface area contributed by atoms with Crippen molar-refractivity contribution in [2.24, 2.45) is 0 Å². The normalized spacial score (nSPS) is 13.0. The molecule has 0 spiro atoms. The predicted molar refractivity (Wildman–Crippen MR) is 137 cm³/mol. The number of nitrogens with zero attached hydrogens (tertiary/aromatic N) is 1. The number of hydrogen-bond acceptors (Lipinski definition) is 1. The molecule has 0 saturated carbocycles. The summed E-state index contributed by atoms with van der Waals surface area (Å²) < 4.78 is 9.01. The lowest BCUT2D eigenvalue weighted by Gasteiger charge is -2.33. The van der Waals surface area contributed by atoms with E-state index < -0.39 is 0 Å². The number of benzene rings is 5. The van der Waals surface area contributed by atoms with Gasteiger partial charge in [-0.3, -0.25) is 0 Å². The van der Waals surface area contributed by atoms with E-state index in [1.54, 1.807) is 0 Å². The van der Waals surface area contributed by atoms with Crippen molar-refractivity contribution in [1.82, 2.24) is 4.57 Å². The Morgan fingerprint density at radius 2 is 1.39 bits per heavy atom. The Bertz CT molecular complexity index is 1750. The molecular formula is C30H18BNO. The summed E-state index contributed by atoms with van der Waals surface area (Å²) >= 11 is 0. The minimum Gasteiger partial charge on any atom is -0.458 e. The maximum absolute atomic E-state index is 6.57. The van der Waals surface area contributed by atoms with Crippen molar-refractivity contribution in [3.63, 3.8) is 0 Å². The van der Waals surface area contributed by atoms with Crippen LogP contribution in [0.5, 0.6) is 11.5 Å². The lowest BCUT2D eigenvalue weighted by atomic mass is 9.34. The molecular weight excluding hydrogens is 401 g/mol. The molecule has 0 radical (unpaired) electrons. The van der Waals surface area contributed by atoms with Crippen molar-refractivity contribution < 1.29 is 4.74 Å². The number of para-hydroxylation sites is 2. The van der Waals surface area contributed by atoms with E-state index in [2.05, 4.69) is 114 Å². The van der Waals surface area contributed by atoms with Crippen LogP contribution in [0.2, 0.25) is 0 Å². The Hall–Kier alpha value is -4.24. The molecule has 0 fully saturated rings. The lowest BCUT2D eigenvalue weighted by molar-refractivity contribution is 0.487. The molecule has 6 aromatic rings. The fraction of sp³-hybridized carbons (Fsp3) is 0. The molecule has 2 aliphatic rings. The highest BCUT2D eigenvalue weighted by Crippen LogP contribution is 2.37. The Balaban J connectivity index is 1.47. The summed E-state index contributed by atoms with van der Waals surface area (Å²) in [5.41, 5.74) is 10.0. The molecule has 152 valence electrons. The first kappa shape index (κ1) is 17.3. The summed E-state index contributed by atoms with van der Waals surface area (Å²) in [4.78, 5) is 0. The molecule has 0 N–H and O–H groups in total. The maximum atomic E-state index is 6.57. The van der Waals surface area contributed by atoms with Crippen LogP contribution in [0, 0.1) is 0 Å². The summed E-state index contributed by atoms with van der Waals surface area (Å²) in [7, 11) is 0. The van der Waals surface area contributed by atoms with Gasteiger partial charge in [0.1, 0.15) is 11.5 Å². The van der Waals surface area contributed by atoms with Gasteiger partial charge in [-0.25, -0.2) is 0 Å². The van der Waals surface area contributed by atoms with Gasteiger partial charge in [0.05, 0.1) is 5.52 Å². The largest absolute Gasteiger partial charge is 0.458 e. The molecule has 3 heterocycles. The minimum absolute atomic E-state index is 0.158. The van der Waals surface area contributed by atoms with E-state index in [4.69, 9.17) is 4.74 Å². The van der Waals surface area contributed by atoms with Crippen LogP contribution in [-0.4, -0.2) is 11.3 Å². The second kappa shape index (κ2) is 6.17. The Kier molecular flexibility index (Phi) is 3.24. The number of aromatic nitrogens is 1. The number of ether oxygens (including phenoxy) is 1. The summed E-state index contributed by atoms with van der Waals surface area (Å²) in [6.07, 6.45) is 0. The third kappa shape index (κ3) is 2.19. The molecule has 5 aromatic carbocycles. The van der Waals surface area contributed by atoms with Gasteiger partial charge in [0.25, 0.3) is 6.71 Å². The zero-order chi connectivity index (χ0) is 21.5. The van der Waals surface area contributed by atoms with Gasteiger partial charge in [-0.15, -0.1) is 0 Å². The number of hydrogen-bond donors (Lipinski definition) is 0. The molecule has 8 rings (SSSR count). The summed E-state index contributed by atoms with van der Waals surface area (Å²) in [5, 5.41) is 2.61. The molecule has 33 heavy (non-hydrogen) atoms. The molecule has 0 bridgehead atoms. The molecule has 0 amide bonds. The van der Waals surface area contributed by atoms with E-state index in [1.165, 1.54) is 55.0 Å². The highest BCUT2D eigenvalue weighted by molar-refractivity contribution is 6.99. The molecule has 0 atom stereocenters. The van der Waals surface area contributed by atoms with Crippen molar-refractivity contribution in [2.75, 3.05) is 0 Å². The standard InChI is InChI=1S/C30H18BNO/c1-2-8-19(9-3-1)20-16-17-23-28(18-20)33-27-15-7-14-26-29(27)31(23)24-12-6-11-22-21-10-4-5-13-25(21)32(26)30(22)24/h1-18H. The molecule has 1 aromatic heterocycles. The van der Waals surface area contributed by atoms with E-state index >= 15 is 0 Å². The summed E-state index contributed by atoms with van der Waals surface area (Å²) in [6, 6.07) is 39.1. The van der Waals surface area contributed by atoms with E-state index in [0.29, 0.717) is 0 Å². The summed E-state index contributed by atoms with van der Waals surface area (Å²) in [6.45, 7) is 0.158. The Morgan fingerprint density at radius 1 is 0.576 bits per heavy atom. The first-order valence-electron chi connectivity index (χ1n) is 11.4. The average Bonchev–Trinajstić information content (AvgIpc) is 3.22. The zero-order valence-corrected chi connectivity index (χ0v) is 17.8. The molecule has 0 aliphatic carbocycles. The van der Waals surface area contributed by atoms with Crippen LogP contribution in [0.15, 0.2) is 109 Å². The first-order chi connectivity index (χ1) is 16.4. The Morgan fingerprint density at radius 3 is 2.33 bits per heavy atom. The lowest BCUT2D eigenvalue weighted by Crippen LogP contribution is -2.58. The fourth-order valence-corrected chi connectivity index (χ4v) is 5.90. The second-order valence-corrected chi connectivity index (χ2v) is 8.94. The van der Waals surface area contributed by atoms with Crippen molar-refractivity contribution >= 4 is 44.9 Å². The van der Waals surface area contributed by atoms with E-state index in [0.717, 1.165) is 11.5 Å². The van der Waals surface area contributed by atoms with Crippen molar-refractivity contribution in [3.8, 4) is 28.3 Å². The van der Waals surface area contributed by atoms with Crippen molar-refractivity contribution in [3.05, 3.63) is 109 Å². The summed E-state index contributed by atoms with van der Waals surface area (Å²) in [5.74, 6) is 1.91. The van der Waals surface area contributed by atoms with Crippen LogP contribution in [-0.2, 0) is 0 Å². The molecule has 0 unspecified atom stereocenters. The number of rotatable bonds is 1. The van der Waals surface area contributed by atoms with Crippen LogP contribution in [0.25, 0.3) is 38.6 Å². The maximum Gasteiger partial charge on any atom is 0.256 e. The molecule has 3 heteroatoms. The average molecular weight is 419 g/mol. The van der Waals surface area contributed by atoms with Gasteiger partial charge in [0.15, 0.2) is 0 Å². The van der Waals surface area contributed by atoms with Gasteiger partial charge >= 0.3 is 0 Å².